The molecule has 1 unspecified atom stereocenters. The maximum atomic E-state index is 12.2. The standard InChI is InChI=1S/C23H32N2O4S/c26-23(27)18-20(11-6-7-12-21-13-9-16-24-19-21)10-3-2-8-17-25-30(28,29)22-14-4-1-5-15-22/h1,4-5,9,13-16,19-20,25H,2-3,6-8,10-12,17-18H2,(H,26,27). The molecule has 0 spiro atoms. The smallest absolute Gasteiger partial charge is 0.303 e. The van der Waals surface area contributed by atoms with Gasteiger partial charge in [-0.1, -0.05) is 43.5 Å². The molecular weight excluding hydrogens is 400 g/mol. The predicted molar refractivity (Wildman–Crippen MR) is 118 cm³/mol. The number of nitrogens with one attached hydrogen (secondary N) is 1. The minimum atomic E-state index is -3.45. The Morgan fingerprint density at radius 2 is 1.70 bits per heavy atom. The molecule has 0 aliphatic heterocycles. The van der Waals surface area contributed by atoms with Crippen molar-refractivity contribution in [2.24, 2.45) is 5.92 Å². The Morgan fingerprint density at radius 3 is 2.37 bits per heavy atom. The minimum Gasteiger partial charge on any atom is -0.481 e. The van der Waals surface area contributed by atoms with Gasteiger partial charge in [-0.25, -0.2) is 13.1 Å². The molecule has 1 atom stereocenters. The van der Waals surface area contributed by atoms with E-state index in [1.54, 1.807) is 36.5 Å². The maximum Gasteiger partial charge on any atom is 0.303 e. The zero-order valence-electron chi connectivity index (χ0n) is 17.4. The second-order valence-corrected chi connectivity index (χ2v) is 9.40. The van der Waals surface area contributed by atoms with Crippen LogP contribution in [0, 0.1) is 5.92 Å². The van der Waals surface area contributed by atoms with Crippen LogP contribution in [0.1, 0.15) is 56.9 Å². The summed E-state index contributed by atoms with van der Waals surface area (Å²) in [6.45, 7) is 0.395. The molecule has 0 aliphatic rings. The fourth-order valence-corrected chi connectivity index (χ4v) is 4.62. The van der Waals surface area contributed by atoms with Gasteiger partial charge in [-0.05, 0) is 61.8 Å². The first-order valence-corrected chi connectivity index (χ1v) is 12.1. The Labute approximate surface area is 179 Å². The summed E-state index contributed by atoms with van der Waals surface area (Å²) in [7, 11) is -3.45. The molecule has 0 amide bonds. The molecule has 1 aromatic carbocycles. The van der Waals surface area contributed by atoms with Crippen molar-refractivity contribution < 1.29 is 18.3 Å². The first-order chi connectivity index (χ1) is 14.5. The molecule has 30 heavy (non-hydrogen) atoms. The number of benzene rings is 1. The molecule has 0 aliphatic carbocycles. The summed E-state index contributed by atoms with van der Waals surface area (Å²) in [5.74, 6) is -0.569. The van der Waals surface area contributed by atoms with E-state index in [1.807, 2.05) is 12.3 Å². The number of carbonyl (C=O) groups is 1. The van der Waals surface area contributed by atoms with Crippen molar-refractivity contribution in [3.8, 4) is 0 Å². The van der Waals surface area contributed by atoms with Gasteiger partial charge in [0.05, 0.1) is 4.90 Å². The monoisotopic (exact) mass is 432 g/mol. The number of aliphatic carboxylic acids is 1. The number of aromatic nitrogens is 1. The van der Waals surface area contributed by atoms with Gasteiger partial charge in [0.15, 0.2) is 0 Å². The fourth-order valence-electron chi connectivity index (χ4n) is 3.53. The summed E-state index contributed by atoms with van der Waals surface area (Å²) in [6, 6.07) is 12.3. The summed E-state index contributed by atoms with van der Waals surface area (Å²) in [4.78, 5) is 15.5. The molecule has 2 rings (SSSR count). The van der Waals surface area contributed by atoms with Crippen molar-refractivity contribution in [2.75, 3.05) is 6.54 Å². The molecule has 7 heteroatoms. The van der Waals surface area contributed by atoms with Crippen LogP contribution in [-0.4, -0.2) is 31.0 Å². The van der Waals surface area contributed by atoms with Crippen molar-refractivity contribution >= 4 is 16.0 Å². The zero-order valence-corrected chi connectivity index (χ0v) is 18.2. The highest BCUT2D eigenvalue weighted by molar-refractivity contribution is 7.89. The predicted octanol–water partition coefficient (Wildman–Crippen LogP) is 4.42. The lowest BCUT2D eigenvalue weighted by Gasteiger charge is -2.15. The molecule has 0 radical (unpaired) electrons. The van der Waals surface area contributed by atoms with Gasteiger partial charge in [0, 0.05) is 25.4 Å². The number of unbranched alkanes of at least 4 members (excludes halogenated alkanes) is 3. The van der Waals surface area contributed by atoms with Crippen LogP contribution in [-0.2, 0) is 21.2 Å². The third-order valence-corrected chi connectivity index (χ3v) is 6.63. The number of pyridine rings is 1. The van der Waals surface area contributed by atoms with Gasteiger partial charge in [-0.3, -0.25) is 9.78 Å². The van der Waals surface area contributed by atoms with Crippen LogP contribution in [0.3, 0.4) is 0 Å². The molecule has 2 aromatic rings. The normalized spacial score (nSPS) is 12.5. The second-order valence-electron chi connectivity index (χ2n) is 7.63. The number of sulfonamides is 1. The zero-order chi connectivity index (χ0) is 21.7. The van der Waals surface area contributed by atoms with Crippen LogP contribution in [0.2, 0.25) is 0 Å². The highest BCUT2D eigenvalue weighted by Gasteiger charge is 2.14. The van der Waals surface area contributed by atoms with Crippen molar-refractivity contribution in [1.82, 2.24) is 9.71 Å². The highest BCUT2D eigenvalue weighted by atomic mass is 32.2. The Hall–Kier alpha value is -2.25. The molecule has 0 bridgehead atoms. The van der Waals surface area contributed by atoms with Gasteiger partial charge in [-0.15, -0.1) is 0 Å². The van der Waals surface area contributed by atoms with Gasteiger partial charge in [0.25, 0.3) is 0 Å². The van der Waals surface area contributed by atoms with E-state index in [4.69, 9.17) is 0 Å². The van der Waals surface area contributed by atoms with Crippen LogP contribution < -0.4 is 4.72 Å². The van der Waals surface area contributed by atoms with Crippen molar-refractivity contribution in [1.29, 1.82) is 0 Å². The number of aryl methyl sites for hydroxylation is 1. The van der Waals surface area contributed by atoms with Gasteiger partial charge >= 0.3 is 5.97 Å². The highest BCUT2D eigenvalue weighted by Crippen LogP contribution is 2.21. The van der Waals surface area contributed by atoms with E-state index >= 15 is 0 Å². The van der Waals surface area contributed by atoms with Crippen molar-refractivity contribution in [3.05, 3.63) is 60.4 Å². The van der Waals surface area contributed by atoms with Gasteiger partial charge in [0.1, 0.15) is 0 Å². The summed E-state index contributed by atoms with van der Waals surface area (Å²) in [5, 5.41) is 9.17. The first-order valence-electron chi connectivity index (χ1n) is 10.6. The molecule has 164 valence electrons. The van der Waals surface area contributed by atoms with Crippen LogP contribution in [0.5, 0.6) is 0 Å². The van der Waals surface area contributed by atoms with Gasteiger partial charge in [-0.2, -0.15) is 0 Å². The number of nitrogens with zero attached hydrogens (tertiary/aromatic N) is 1. The molecule has 1 aromatic heterocycles. The Kier molecular flexibility index (Phi) is 10.5. The van der Waals surface area contributed by atoms with E-state index in [-0.39, 0.29) is 17.2 Å². The van der Waals surface area contributed by atoms with Crippen LogP contribution >= 0.6 is 0 Å². The lowest BCUT2D eigenvalue weighted by Crippen LogP contribution is -2.24. The van der Waals surface area contributed by atoms with Crippen molar-refractivity contribution in [2.45, 2.75) is 62.7 Å². The van der Waals surface area contributed by atoms with Gasteiger partial charge in [0.2, 0.25) is 10.0 Å². The van der Waals surface area contributed by atoms with Crippen molar-refractivity contribution in [3.63, 3.8) is 0 Å². The molecule has 0 saturated heterocycles. The maximum absolute atomic E-state index is 12.2. The number of carboxylic acids is 1. The fraction of sp³-hybridized carbons (Fsp3) is 0.478. The first kappa shape index (κ1) is 24.0. The lowest BCUT2D eigenvalue weighted by atomic mass is 9.92. The number of carboxylic acid groups (broad SMARTS) is 1. The second kappa shape index (κ2) is 13.1. The number of hydrogen-bond acceptors (Lipinski definition) is 4. The average molecular weight is 433 g/mol. The largest absolute Gasteiger partial charge is 0.481 e. The molecule has 0 fully saturated rings. The molecule has 6 nitrogen and oxygen atoms in total. The van der Waals surface area contributed by atoms with E-state index in [1.165, 1.54) is 5.56 Å². The topological polar surface area (TPSA) is 96.4 Å². The van der Waals surface area contributed by atoms with E-state index < -0.39 is 16.0 Å². The van der Waals surface area contributed by atoms with E-state index in [0.717, 1.165) is 51.4 Å². The average Bonchev–Trinajstić information content (AvgIpc) is 2.74. The molecule has 0 saturated carbocycles. The minimum absolute atomic E-state index is 0.178. The van der Waals surface area contributed by atoms with E-state index in [9.17, 15) is 18.3 Å². The SMILES string of the molecule is O=C(O)CC(CCCCCNS(=O)(=O)c1ccccc1)CCCCc1cccnc1. The van der Waals surface area contributed by atoms with E-state index in [0.29, 0.717) is 6.54 Å². The van der Waals surface area contributed by atoms with Gasteiger partial charge < -0.3 is 5.11 Å². The molecule has 1 heterocycles. The number of hydrogen-bond donors (Lipinski definition) is 2. The Morgan fingerprint density at radius 1 is 0.967 bits per heavy atom. The summed E-state index contributed by atoms with van der Waals surface area (Å²) >= 11 is 0. The third-order valence-electron chi connectivity index (χ3n) is 5.15. The lowest BCUT2D eigenvalue weighted by molar-refractivity contribution is -0.138. The number of rotatable bonds is 15. The van der Waals surface area contributed by atoms with Crippen LogP contribution in [0.4, 0.5) is 0 Å². The van der Waals surface area contributed by atoms with Crippen LogP contribution in [0.15, 0.2) is 59.8 Å². The quantitative estimate of drug-likeness (QED) is 0.406. The molecular formula is C23H32N2O4S. The Balaban J connectivity index is 1.62. The Bertz CT molecular complexity index is 842. The summed E-state index contributed by atoms with van der Waals surface area (Å²) in [6.07, 6.45) is 11.1. The third kappa shape index (κ3) is 9.50. The van der Waals surface area contributed by atoms with Crippen LogP contribution in [0.25, 0.3) is 0 Å². The molecule has 2 N–H and O–H groups in total. The summed E-state index contributed by atoms with van der Waals surface area (Å²) < 4.78 is 27.0. The summed E-state index contributed by atoms with van der Waals surface area (Å²) in [5.41, 5.74) is 1.21. The van der Waals surface area contributed by atoms with E-state index in [2.05, 4.69) is 15.8 Å².